The van der Waals surface area contributed by atoms with Gasteiger partial charge in [0.25, 0.3) is 0 Å². The number of nitrogens with one attached hydrogen (secondary N) is 1. The molecule has 1 aliphatic rings. The lowest BCUT2D eigenvalue weighted by atomic mass is 9.74. The van der Waals surface area contributed by atoms with E-state index in [0.29, 0.717) is 6.61 Å². The van der Waals surface area contributed by atoms with E-state index in [-0.39, 0.29) is 12.0 Å². The smallest absolute Gasteiger partial charge is 0.124 e. The summed E-state index contributed by atoms with van der Waals surface area (Å²) in [6.07, 6.45) is 7.80. The van der Waals surface area contributed by atoms with E-state index in [4.69, 9.17) is 4.74 Å². The Labute approximate surface area is 128 Å². The summed E-state index contributed by atoms with van der Waals surface area (Å²) in [6.45, 7) is 6.14. The van der Waals surface area contributed by atoms with Crippen LogP contribution in [0.2, 0.25) is 0 Å². The second-order valence-electron chi connectivity index (χ2n) is 6.03. The highest BCUT2D eigenvalue weighted by Crippen LogP contribution is 2.35. The predicted molar refractivity (Wildman–Crippen MR) is 86.4 cm³/mol. The van der Waals surface area contributed by atoms with Gasteiger partial charge in [-0.25, -0.2) is 0 Å². The van der Waals surface area contributed by atoms with Gasteiger partial charge in [0, 0.05) is 30.7 Å². The number of para-hydroxylation sites is 1. The van der Waals surface area contributed by atoms with Crippen LogP contribution in [-0.4, -0.2) is 24.9 Å². The molecule has 116 valence electrons. The van der Waals surface area contributed by atoms with Crippen LogP contribution in [0.1, 0.15) is 37.7 Å². The summed E-state index contributed by atoms with van der Waals surface area (Å²) in [4.78, 5) is 0. The highest BCUT2D eigenvalue weighted by Gasteiger charge is 2.30. The van der Waals surface area contributed by atoms with Gasteiger partial charge in [0.2, 0.25) is 0 Å². The monoisotopic (exact) mass is 289 g/mol. The molecule has 2 N–H and O–H groups in total. The number of benzene rings is 1. The molecule has 0 amide bonds. The van der Waals surface area contributed by atoms with Gasteiger partial charge in [0.1, 0.15) is 12.4 Å². The highest BCUT2D eigenvalue weighted by molar-refractivity contribution is 5.33. The summed E-state index contributed by atoms with van der Waals surface area (Å²) >= 11 is 0. The molecule has 0 radical (unpaired) electrons. The summed E-state index contributed by atoms with van der Waals surface area (Å²) < 4.78 is 5.67. The zero-order chi connectivity index (χ0) is 15.0. The van der Waals surface area contributed by atoms with Crippen LogP contribution < -0.4 is 10.1 Å². The van der Waals surface area contributed by atoms with Gasteiger partial charge in [0.05, 0.1) is 0 Å². The van der Waals surface area contributed by atoms with Gasteiger partial charge < -0.3 is 15.2 Å². The van der Waals surface area contributed by atoms with Crippen LogP contribution in [0.4, 0.5) is 0 Å². The van der Waals surface area contributed by atoms with E-state index in [1.54, 1.807) is 6.08 Å². The van der Waals surface area contributed by atoms with Crippen LogP contribution >= 0.6 is 0 Å². The number of ether oxygens (including phenoxy) is 1. The van der Waals surface area contributed by atoms with E-state index in [0.717, 1.165) is 37.2 Å². The molecule has 0 spiro atoms. The number of hydrogen-bond acceptors (Lipinski definition) is 3. The Balaban J connectivity index is 1.89. The van der Waals surface area contributed by atoms with E-state index in [9.17, 15) is 5.11 Å². The van der Waals surface area contributed by atoms with E-state index in [1.807, 2.05) is 18.2 Å². The van der Waals surface area contributed by atoms with Gasteiger partial charge in [-0.1, -0.05) is 50.1 Å². The summed E-state index contributed by atoms with van der Waals surface area (Å²) in [5, 5.41) is 13.2. The molecule has 2 rings (SSSR count). The Morgan fingerprint density at radius 2 is 2.00 bits per heavy atom. The van der Waals surface area contributed by atoms with Crippen molar-refractivity contribution in [1.82, 2.24) is 5.32 Å². The van der Waals surface area contributed by atoms with Crippen LogP contribution in [0.15, 0.2) is 36.9 Å². The molecule has 0 heterocycles. The fourth-order valence-corrected chi connectivity index (χ4v) is 3.09. The number of aliphatic hydroxyl groups excluding tert-OH is 1. The lowest BCUT2D eigenvalue weighted by Gasteiger charge is -2.35. The first-order valence-corrected chi connectivity index (χ1v) is 7.93. The molecule has 3 nitrogen and oxygen atoms in total. The van der Waals surface area contributed by atoms with Crippen molar-refractivity contribution < 1.29 is 9.84 Å². The van der Waals surface area contributed by atoms with Crippen molar-refractivity contribution in [3.8, 4) is 5.75 Å². The maximum absolute atomic E-state index is 9.73. The van der Waals surface area contributed by atoms with Crippen LogP contribution in [0.25, 0.3) is 0 Å². The molecule has 0 saturated heterocycles. The molecule has 21 heavy (non-hydrogen) atoms. The Kier molecular flexibility index (Phi) is 6.27. The van der Waals surface area contributed by atoms with Crippen LogP contribution in [0, 0.1) is 5.41 Å². The molecule has 0 aliphatic heterocycles. The van der Waals surface area contributed by atoms with Crippen molar-refractivity contribution in [3.05, 3.63) is 42.5 Å². The van der Waals surface area contributed by atoms with Crippen LogP contribution in [-0.2, 0) is 6.54 Å². The number of rotatable bonds is 8. The SMILES string of the molecule is C=CCOc1ccccc1CNCC1(CO)CCCCC1. The van der Waals surface area contributed by atoms with Crippen LogP contribution in [0.5, 0.6) is 5.75 Å². The van der Waals surface area contributed by atoms with Crippen molar-refractivity contribution in [2.45, 2.75) is 38.6 Å². The molecule has 3 heteroatoms. The second kappa shape index (κ2) is 8.20. The van der Waals surface area contributed by atoms with Crippen molar-refractivity contribution in [2.24, 2.45) is 5.41 Å². The van der Waals surface area contributed by atoms with Crippen molar-refractivity contribution >= 4 is 0 Å². The van der Waals surface area contributed by atoms with E-state index < -0.39 is 0 Å². The minimum atomic E-state index is 0.0785. The maximum Gasteiger partial charge on any atom is 0.124 e. The van der Waals surface area contributed by atoms with Gasteiger partial charge >= 0.3 is 0 Å². The topological polar surface area (TPSA) is 41.5 Å². The first-order valence-electron chi connectivity index (χ1n) is 7.93. The molecule has 1 fully saturated rings. The standard InChI is InChI=1S/C18H27NO2/c1-2-12-21-17-9-5-4-8-16(17)13-19-14-18(15-20)10-6-3-7-11-18/h2,4-5,8-9,19-20H,1,3,6-7,10-15H2. The maximum atomic E-state index is 9.73. The quantitative estimate of drug-likeness (QED) is 0.722. The first kappa shape index (κ1) is 16.1. The zero-order valence-electron chi connectivity index (χ0n) is 12.8. The molecule has 0 atom stereocenters. The van der Waals surface area contributed by atoms with Crippen molar-refractivity contribution in [2.75, 3.05) is 19.8 Å². The summed E-state index contributed by atoms with van der Waals surface area (Å²) in [5.41, 5.74) is 1.23. The lowest BCUT2D eigenvalue weighted by Crippen LogP contribution is -2.38. The highest BCUT2D eigenvalue weighted by atomic mass is 16.5. The van der Waals surface area contributed by atoms with Crippen molar-refractivity contribution in [1.29, 1.82) is 0 Å². The van der Waals surface area contributed by atoms with Gasteiger partial charge in [-0.3, -0.25) is 0 Å². The third kappa shape index (κ3) is 4.58. The average molecular weight is 289 g/mol. The Bertz CT molecular complexity index is 439. The van der Waals surface area contributed by atoms with Gasteiger partial charge in [-0.05, 0) is 18.9 Å². The van der Waals surface area contributed by atoms with E-state index in [2.05, 4.69) is 18.0 Å². The zero-order valence-corrected chi connectivity index (χ0v) is 12.8. The molecular weight excluding hydrogens is 262 g/mol. The van der Waals surface area contributed by atoms with Crippen molar-refractivity contribution in [3.63, 3.8) is 0 Å². The van der Waals surface area contributed by atoms with Gasteiger partial charge in [-0.15, -0.1) is 0 Å². The summed E-state index contributed by atoms with van der Waals surface area (Å²) in [5.74, 6) is 0.909. The average Bonchev–Trinajstić information content (AvgIpc) is 2.55. The largest absolute Gasteiger partial charge is 0.489 e. The molecule has 1 saturated carbocycles. The van der Waals surface area contributed by atoms with Gasteiger partial charge in [-0.2, -0.15) is 0 Å². The fraction of sp³-hybridized carbons (Fsp3) is 0.556. The molecule has 0 unspecified atom stereocenters. The third-order valence-electron chi connectivity index (χ3n) is 4.39. The lowest BCUT2D eigenvalue weighted by molar-refractivity contribution is 0.0810. The Morgan fingerprint density at radius 1 is 1.24 bits per heavy atom. The van der Waals surface area contributed by atoms with Crippen LogP contribution in [0.3, 0.4) is 0 Å². The molecule has 0 aromatic heterocycles. The molecule has 0 bridgehead atoms. The third-order valence-corrected chi connectivity index (χ3v) is 4.39. The molecule has 1 aromatic carbocycles. The normalized spacial score (nSPS) is 17.4. The Morgan fingerprint density at radius 3 is 2.71 bits per heavy atom. The minimum absolute atomic E-state index is 0.0785. The fourth-order valence-electron chi connectivity index (χ4n) is 3.09. The van der Waals surface area contributed by atoms with Gasteiger partial charge in [0.15, 0.2) is 0 Å². The summed E-state index contributed by atoms with van der Waals surface area (Å²) in [7, 11) is 0. The first-order chi connectivity index (χ1) is 10.3. The predicted octanol–water partition coefficient (Wildman–Crippen LogP) is 3.28. The number of aliphatic hydroxyl groups is 1. The molecular formula is C18H27NO2. The molecule has 1 aliphatic carbocycles. The van der Waals surface area contributed by atoms with E-state index >= 15 is 0 Å². The number of hydrogen-bond donors (Lipinski definition) is 2. The minimum Gasteiger partial charge on any atom is -0.489 e. The summed E-state index contributed by atoms with van der Waals surface area (Å²) in [6, 6.07) is 8.08. The second-order valence-corrected chi connectivity index (χ2v) is 6.03. The molecule has 1 aromatic rings. The van der Waals surface area contributed by atoms with E-state index in [1.165, 1.54) is 19.3 Å². The Hall–Kier alpha value is -1.32.